The van der Waals surface area contributed by atoms with Crippen LogP contribution in [0.2, 0.25) is 0 Å². The molecule has 2 atom stereocenters. The molecule has 0 aromatic carbocycles. The summed E-state index contributed by atoms with van der Waals surface area (Å²) >= 11 is 1.17. The van der Waals surface area contributed by atoms with Gasteiger partial charge in [0.25, 0.3) is 0 Å². The number of nitrogens with zero attached hydrogens (tertiary/aromatic N) is 1. The van der Waals surface area contributed by atoms with E-state index in [1.165, 1.54) is 17.4 Å². The number of aromatic carboxylic acids is 1. The molecule has 2 amide bonds. The largest absolute Gasteiger partial charge is 0.478 e. The highest BCUT2D eigenvalue weighted by atomic mass is 32.1. The Kier molecular flexibility index (Phi) is 1.95. The number of fused-ring (bicyclic) bond motifs is 1. The lowest BCUT2D eigenvalue weighted by Crippen LogP contribution is -2.33. The predicted molar refractivity (Wildman–Crippen MR) is 60.1 cm³/mol. The van der Waals surface area contributed by atoms with Crippen molar-refractivity contribution in [3.63, 3.8) is 0 Å². The summed E-state index contributed by atoms with van der Waals surface area (Å²) in [5.74, 6) is -2.00. The topological polar surface area (TPSA) is 74.7 Å². The van der Waals surface area contributed by atoms with Crippen LogP contribution in [0, 0.1) is 18.8 Å². The first-order valence-corrected chi connectivity index (χ1v) is 6.04. The van der Waals surface area contributed by atoms with Crippen molar-refractivity contribution in [3.8, 4) is 0 Å². The van der Waals surface area contributed by atoms with E-state index >= 15 is 0 Å². The van der Waals surface area contributed by atoms with E-state index in [4.69, 9.17) is 5.11 Å². The fourth-order valence-corrected chi connectivity index (χ4v) is 3.21. The van der Waals surface area contributed by atoms with Gasteiger partial charge in [-0.15, -0.1) is 11.3 Å². The minimum atomic E-state index is -1.11. The molecule has 2 aliphatic rings. The van der Waals surface area contributed by atoms with E-state index in [2.05, 4.69) is 0 Å². The molecule has 88 valence electrons. The van der Waals surface area contributed by atoms with Crippen molar-refractivity contribution >= 4 is 34.1 Å². The molecule has 1 N–H and O–H groups in total. The molecule has 1 saturated carbocycles. The Morgan fingerprint density at radius 2 is 2.00 bits per heavy atom. The molecule has 3 rings (SSSR count). The van der Waals surface area contributed by atoms with Gasteiger partial charge in [-0.3, -0.25) is 9.59 Å². The number of aryl methyl sites for hydroxylation is 1. The van der Waals surface area contributed by atoms with Gasteiger partial charge in [0.05, 0.1) is 17.4 Å². The molecular formula is C11H9NO4S. The number of carboxylic acid groups (broad SMARTS) is 1. The van der Waals surface area contributed by atoms with Crippen molar-refractivity contribution in [2.45, 2.75) is 13.3 Å². The molecule has 5 nitrogen and oxygen atoms in total. The van der Waals surface area contributed by atoms with Gasteiger partial charge in [-0.2, -0.15) is 0 Å². The van der Waals surface area contributed by atoms with Crippen LogP contribution < -0.4 is 4.90 Å². The number of hydrogen-bond acceptors (Lipinski definition) is 4. The number of piperidine rings is 1. The zero-order chi connectivity index (χ0) is 12.3. The van der Waals surface area contributed by atoms with Crippen molar-refractivity contribution in [2.24, 2.45) is 11.8 Å². The van der Waals surface area contributed by atoms with E-state index in [-0.39, 0.29) is 34.2 Å². The zero-order valence-corrected chi connectivity index (χ0v) is 9.78. The molecule has 6 heteroatoms. The molecule has 1 aromatic heterocycles. The molecule has 1 aromatic rings. The average Bonchev–Trinajstić information content (AvgIpc) is 2.90. The summed E-state index contributed by atoms with van der Waals surface area (Å²) in [6.45, 7) is 1.76. The van der Waals surface area contributed by atoms with E-state index in [0.29, 0.717) is 6.42 Å². The van der Waals surface area contributed by atoms with Crippen LogP contribution in [0.15, 0.2) is 6.07 Å². The second kappa shape index (κ2) is 3.16. The van der Waals surface area contributed by atoms with E-state index < -0.39 is 5.97 Å². The molecule has 2 unspecified atom stereocenters. The number of imide groups is 1. The molecular weight excluding hydrogens is 242 g/mol. The first-order chi connectivity index (χ1) is 8.00. The number of carboxylic acids is 1. The number of rotatable bonds is 2. The Hall–Kier alpha value is -1.69. The summed E-state index contributed by atoms with van der Waals surface area (Å²) in [5, 5.41) is 9.31. The second-order valence-corrected chi connectivity index (χ2v) is 5.58. The highest BCUT2D eigenvalue weighted by Gasteiger charge is 2.60. The quantitative estimate of drug-likeness (QED) is 0.803. The van der Waals surface area contributed by atoms with Crippen molar-refractivity contribution in [2.75, 3.05) is 4.90 Å². The lowest BCUT2D eigenvalue weighted by Gasteiger charge is -2.14. The van der Waals surface area contributed by atoms with E-state index in [0.717, 1.165) is 9.78 Å². The third kappa shape index (κ3) is 1.33. The van der Waals surface area contributed by atoms with Crippen molar-refractivity contribution in [1.29, 1.82) is 0 Å². The van der Waals surface area contributed by atoms with Gasteiger partial charge >= 0.3 is 5.97 Å². The minimum absolute atomic E-state index is 0.0375. The van der Waals surface area contributed by atoms with Gasteiger partial charge in [0.1, 0.15) is 5.00 Å². The van der Waals surface area contributed by atoms with Crippen LogP contribution >= 0.6 is 11.3 Å². The van der Waals surface area contributed by atoms with Crippen LogP contribution in [0.25, 0.3) is 0 Å². The maximum Gasteiger partial charge on any atom is 0.338 e. The number of anilines is 1. The number of hydrogen-bond donors (Lipinski definition) is 1. The minimum Gasteiger partial charge on any atom is -0.478 e. The van der Waals surface area contributed by atoms with Crippen LogP contribution in [-0.4, -0.2) is 22.9 Å². The fraction of sp³-hybridized carbons (Fsp3) is 0.364. The third-order valence-corrected chi connectivity index (χ3v) is 4.17. The standard InChI is InChI=1S/C11H9NO4S/c1-4-2-7(11(15)16)10(17-4)12-8(13)5-3-6(5)9(12)14/h2,5-6H,3H2,1H3,(H,15,16). The molecule has 0 bridgehead atoms. The smallest absolute Gasteiger partial charge is 0.338 e. The monoisotopic (exact) mass is 251 g/mol. The Labute approximate surface area is 101 Å². The Balaban J connectivity index is 2.07. The predicted octanol–water partition coefficient (Wildman–Crippen LogP) is 1.26. The lowest BCUT2D eigenvalue weighted by atomic mass is 10.2. The summed E-state index contributed by atoms with van der Waals surface area (Å²) in [4.78, 5) is 36.6. The number of carbonyl (C=O) groups excluding carboxylic acids is 2. The molecule has 1 aliphatic carbocycles. The number of carbonyl (C=O) groups is 3. The summed E-state index contributed by atoms with van der Waals surface area (Å²) in [5.41, 5.74) is 0.0375. The lowest BCUT2D eigenvalue weighted by molar-refractivity contribution is -0.123. The highest BCUT2D eigenvalue weighted by Crippen LogP contribution is 2.50. The SMILES string of the molecule is Cc1cc(C(=O)O)c(N2C(=O)C3CC3C2=O)s1. The second-order valence-electron chi connectivity index (χ2n) is 4.34. The Morgan fingerprint density at radius 3 is 2.53 bits per heavy atom. The summed E-state index contributed by atoms with van der Waals surface area (Å²) in [6, 6.07) is 1.49. The number of amides is 2. The van der Waals surface area contributed by atoms with Crippen LogP contribution in [0.5, 0.6) is 0 Å². The maximum absolute atomic E-state index is 11.9. The van der Waals surface area contributed by atoms with E-state index in [1.54, 1.807) is 6.92 Å². The van der Waals surface area contributed by atoms with Gasteiger partial charge in [-0.25, -0.2) is 9.69 Å². The zero-order valence-electron chi connectivity index (χ0n) is 8.97. The Bertz CT molecular complexity index is 542. The molecule has 2 fully saturated rings. The van der Waals surface area contributed by atoms with Gasteiger partial charge in [0.2, 0.25) is 11.8 Å². The molecule has 2 heterocycles. The van der Waals surface area contributed by atoms with Crippen LogP contribution in [-0.2, 0) is 9.59 Å². The third-order valence-electron chi connectivity index (χ3n) is 3.13. The van der Waals surface area contributed by atoms with Gasteiger partial charge in [-0.1, -0.05) is 0 Å². The molecule has 1 aliphatic heterocycles. The molecule has 0 radical (unpaired) electrons. The first-order valence-electron chi connectivity index (χ1n) is 5.22. The van der Waals surface area contributed by atoms with Crippen molar-refractivity contribution in [3.05, 3.63) is 16.5 Å². The van der Waals surface area contributed by atoms with Crippen LogP contribution in [0.1, 0.15) is 21.7 Å². The average molecular weight is 251 g/mol. The maximum atomic E-state index is 11.9. The van der Waals surface area contributed by atoms with Crippen molar-refractivity contribution in [1.82, 2.24) is 0 Å². The highest BCUT2D eigenvalue weighted by molar-refractivity contribution is 7.17. The van der Waals surface area contributed by atoms with Crippen LogP contribution in [0.3, 0.4) is 0 Å². The van der Waals surface area contributed by atoms with Gasteiger partial charge in [0, 0.05) is 4.88 Å². The molecule has 0 spiro atoms. The normalized spacial score (nSPS) is 26.3. The molecule has 17 heavy (non-hydrogen) atoms. The fourth-order valence-electron chi connectivity index (χ4n) is 2.20. The van der Waals surface area contributed by atoms with Crippen molar-refractivity contribution < 1.29 is 19.5 Å². The van der Waals surface area contributed by atoms with Gasteiger partial charge in [-0.05, 0) is 19.4 Å². The molecule has 1 saturated heterocycles. The first kappa shape index (κ1) is 10.5. The van der Waals surface area contributed by atoms with E-state index in [9.17, 15) is 14.4 Å². The van der Waals surface area contributed by atoms with Gasteiger partial charge in [0.15, 0.2) is 0 Å². The number of thiophene rings is 1. The van der Waals surface area contributed by atoms with E-state index in [1.807, 2.05) is 0 Å². The van der Waals surface area contributed by atoms with Gasteiger partial charge < -0.3 is 5.11 Å². The Morgan fingerprint density at radius 1 is 1.41 bits per heavy atom. The summed E-state index contributed by atoms with van der Waals surface area (Å²) in [6.07, 6.45) is 0.626. The van der Waals surface area contributed by atoms with Crippen LogP contribution in [0.4, 0.5) is 5.00 Å². The summed E-state index contributed by atoms with van der Waals surface area (Å²) < 4.78 is 0. The summed E-state index contributed by atoms with van der Waals surface area (Å²) in [7, 11) is 0.